The zero-order chi connectivity index (χ0) is 38.6. The highest BCUT2D eigenvalue weighted by molar-refractivity contribution is 5.96. The Labute approximate surface area is 305 Å². The number of benzene rings is 1. The van der Waals surface area contributed by atoms with Gasteiger partial charge >= 0.3 is 0 Å². The third-order valence-electron chi connectivity index (χ3n) is 8.29. The lowest BCUT2D eigenvalue weighted by Crippen LogP contribution is -2.59. The highest BCUT2D eigenvalue weighted by atomic mass is 16.3. The third kappa shape index (κ3) is 15.4. The topological polar surface area (TPSA) is 285 Å². The molecule has 0 radical (unpaired) electrons. The number of hydrogen-bond donors (Lipinski definition) is 10. The molecule has 0 saturated heterocycles. The standard InChI is InChI=1S/C35H58N10O7/c1-21(2)18-27-33(50)43-26(13-16-38)31(48)41-24(11-14-36)20-40-30(22(3)46)35(52)39-17-7-10-29(47)42-25(12-15-37)32(49)45-28(34(51)44-27)19-23-8-5-4-6-9-23/h4-6,8-9,20-22,24-28,30,46H,7,10-19,36-38H2,1-3H3,(H,39,52)(H,41,48)(H,42,47)(H,43,50)(H,44,51)(H,45,49)/b40-20+/t22-,24+,25+,26+,27+,28-,30+/m1/s1. The summed E-state index contributed by atoms with van der Waals surface area (Å²) in [5, 5.41) is 26.6. The van der Waals surface area contributed by atoms with Gasteiger partial charge in [-0.05, 0) is 70.1 Å². The molecule has 2 rings (SSSR count). The molecular weight excluding hydrogens is 672 g/mol. The maximum Gasteiger partial charge on any atom is 0.247 e. The first-order valence-electron chi connectivity index (χ1n) is 17.9. The van der Waals surface area contributed by atoms with Gasteiger partial charge in [-0.15, -0.1) is 0 Å². The van der Waals surface area contributed by atoms with Crippen LogP contribution in [0, 0.1) is 5.92 Å². The summed E-state index contributed by atoms with van der Waals surface area (Å²) in [5.74, 6) is -3.65. The lowest BCUT2D eigenvalue weighted by atomic mass is 10.00. The van der Waals surface area contributed by atoms with Gasteiger partial charge in [-0.1, -0.05) is 44.2 Å². The summed E-state index contributed by atoms with van der Waals surface area (Å²) in [6.45, 7) is 5.46. The molecule has 1 aromatic carbocycles. The molecule has 0 aliphatic carbocycles. The van der Waals surface area contributed by atoms with Crippen LogP contribution in [-0.4, -0.2) is 115 Å². The molecule has 52 heavy (non-hydrogen) atoms. The Balaban J connectivity index is 2.53. The number of aliphatic hydroxyl groups is 1. The fourth-order valence-electron chi connectivity index (χ4n) is 5.54. The van der Waals surface area contributed by atoms with Crippen LogP contribution >= 0.6 is 0 Å². The second-order valence-corrected chi connectivity index (χ2v) is 13.3. The monoisotopic (exact) mass is 730 g/mol. The highest BCUT2D eigenvalue weighted by Gasteiger charge is 2.32. The van der Waals surface area contributed by atoms with Crippen LogP contribution in [0.4, 0.5) is 0 Å². The van der Waals surface area contributed by atoms with Gasteiger partial charge in [-0.25, -0.2) is 0 Å². The first-order chi connectivity index (χ1) is 24.8. The van der Waals surface area contributed by atoms with Gasteiger partial charge in [0.15, 0.2) is 6.04 Å². The number of hydrogen-bond acceptors (Lipinski definition) is 11. The Morgan fingerprint density at radius 2 is 1.25 bits per heavy atom. The molecule has 0 saturated carbocycles. The molecule has 6 amide bonds. The van der Waals surface area contributed by atoms with Crippen LogP contribution < -0.4 is 49.1 Å². The molecule has 1 aliphatic rings. The van der Waals surface area contributed by atoms with E-state index >= 15 is 0 Å². The summed E-state index contributed by atoms with van der Waals surface area (Å²) in [7, 11) is 0. The van der Waals surface area contributed by atoms with Crippen molar-refractivity contribution in [2.75, 3.05) is 26.2 Å². The van der Waals surface area contributed by atoms with Crippen molar-refractivity contribution in [2.24, 2.45) is 28.1 Å². The molecule has 7 atom stereocenters. The van der Waals surface area contributed by atoms with Crippen LogP contribution in [0.1, 0.15) is 64.9 Å². The summed E-state index contributed by atoms with van der Waals surface area (Å²) in [6, 6.07) is 2.58. The molecule has 0 unspecified atom stereocenters. The van der Waals surface area contributed by atoms with Crippen molar-refractivity contribution in [3.8, 4) is 0 Å². The van der Waals surface area contributed by atoms with Crippen LogP contribution in [0.25, 0.3) is 0 Å². The number of carbonyl (C=O) groups is 6. The minimum absolute atomic E-state index is 0.0468. The van der Waals surface area contributed by atoms with Gasteiger partial charge in [-0.2, -0.15) is 0 Å². The van der Waals surface area contributed by atoms with Gasteiger partial charge in [0, 0.05) is 25.6 Å². The molecule has 1 aliphatic heterocycles. The normalized spacial score (nSPS) is 26.2. The third-order valence-corrected chi connectivity index (χ3v) is 8.29. The lowest BCUT2D eigenvalue weighted by molar-refractivity contribution is -0.135. The molecule has 1 heterocycles. The van der Waals surface area contributed by atoms with Crippen LogP contribution in [0.3, 0.4) is 0 Å². The maximum atomic E-state index is 13.9. The molecule has 13 N–H and O–H groups in total. The van der Waals surface area contributed by atoms with Crippen LogP contribution in [0.15, 0.2) is 35.3 Å². The van der Waals surface area contributed by atoms with E-state index in [1.807, 2.05) is 19.9 Å². The van der Waals surface area contributed by atoms with Gasteiger partial charge in [-0.3, -0.25) is 33.8 Å². The number of nitrogens with two attached hydrogens (primary N) is 3. The number of aliphatic hydroxyl groups excluding tert-OH is 1. The Morgan fingerprint density at radius 1 is 0.712 bits per heavy atom. The minimum atomic E-state index is -1.23. The molecule has 0 aromatic heterocycles. The Hall–Kier alpha value is -4.45. The molecule has 0 spiro atoms. The van der Waals surface area contributed by atoms with Gasteiger partial charge in [0.1, 0.15) is 24.2 Å². The van der Waals surface area contributed by atoms with Crippen LogP contribution in [0.2, 0.25) is 0 Å². The summed E-state index contributed by atoms with van der Waals surface area (Å²) < 4.78 is 0. The second kappa shape index (κ2) is 23.2. The van der Waals surface area contributed by atoms with Gasteiger partial charge in [0.25, 0.3) is 0 Å². The zero-order valence-electron chi connectivity index (χ0n) is 30.4. The zero-order valence-corrected chi connectivity index (χ0v) is 30.4. The summed E-state index contributed by atoms with van der Waals surface area (Å²) in [5.41, 5.74) is 18.1. The number of amides is 6. The van der Waals surface area contributed by atoms with E-state index in [4.69, 9.17) is 17.2 Å². The number of nitrogens with zero attached hydrogens (tertiary/aromatic N) is 1. The summed E-state index contributed by atoms with van der Waals surface area (Å²) >= 11 is 0. The number of rotatable bonds is 11. The van der Waals surface area contributed by atoms with E-state index in [-0.39, 0.29) is 77.0 Å². The maximum absolute atomic E-state index is 13.9. The number of nitrogens with one attached hydrogen (secondary N) is 6. The smallest absolute Gasteiger partial charge is 0.247 e. The lowest BCUT2D eigenvalue weighted by Gasteiger charge is -2.27. The van der Waals surface area contributed by atoms with Crippen molar-refractivity contribution in [3.05, 3.63) is 35.9 Å². The fraction of sp³-hybridized carbons (Fsp3) is 0.629. The molecule has 17 heteroatoms. The Morgan fingerprint density at radius 3 is 1.85 bits per heavy atom. The second-order valence-electron chi connectivity index (χ2n) is 13.3. The van der Waals surface area contributed by atoms with Crippen molar-refractivity contribution >= 4 is 41.7 Å². The molecular formula is C35H58N10O7. The summed E-state index contributed by atoms with van der Waals surface area (Å²) in [4.78, 5) is 84.8. The van der Waals surface area contributed by atoms with Crippen LogP contribution in [-0.2, 0) is 35.2 Å². The number of carbonyl (C=O) groups excluding carboxylic acids is 6. The molecule has 17 nitrogen and oxygen atoms in total. The Kier molecular flexibility index (Phi) is 19.5. The van der Waals surface area contributed by atoms with Crippen molar-refractivity contribution in [1.29, 1.82) is 0 Å². The van der Waals surface area contributed by atoms with Crippen molar-refractivity contribution in [3.63, 3.8) is 0 Å². The van der Waals surface area contributed by atoms with E-state index in [2.05, 4.69) is 36.9 Å². The molecule has 1 aromatic rings. The highest BCUT2D eigenvalue weighted by Crippen LogP contribution is 2.10. The van der Waals surface area contributed by atoms with Gasteiger partial charge < -0.3 is 54.2 Å². The van der Waals surface area contributed by atoms with E-state index in [0.717, 1.165) is 5.56 Å². The van der Waals surface area contributed by atoms with E-state index in [1.54, 1.807) is 24.3 Å². The first-order valence-corrected chi connectivity index (χ1v) is 17.9. The van der Waals surface area contributed by atoms with Gasteiger partial charge in [0.05, 0.1) is 12.1 Å². The van der Waals surface area contributed by atoms with Crippen LogP contribution in [0.5, 0.6) is 0 Å². The van der Waals surface area contributed by atoms with E-state index in [9.17, 15) is 33.9 Å². The average Bonchev–Trinajstić information content (AvgIpc) is 3.08. The van der Waals surface area contributed by atoms with Gasteiger partial charge in [0.2, 0.25) is 35.4 Å². The van der Waals surface area contributed by atoms with Crippen molar-refractivity contribution in [2.45, 2.75) is 108 Å². The quantitative estimate of drug-likeness (QED) is 0.114. The summed E-state index contributed by atoms with van der Waals surface area (Å²) in [6.07, 6.45) is 0.937. The molecule has 0 fully saturated rings. The predicted molar refractivity (Wildman–Crippen MR) is 196 cm³/mol. The van der Waals surface area contributed by atoms with Crippen molar-refractivity contribution in [1.82, 2.24) is 31.9 Å². The largest absolute Gasteiger partial charge is 0.391 e. The SMILES string of the molecule is CC(C)C[C@@H]1NC(=O)[C@@H](Cc2ccccc2)NC(=O)[C@H](CCN)NC(=O)CCCNC(=O)[C@H]([C@@H](C)O)/N=C/[C@H](CCN)NC(=O)[C@H](CCN)NC1=O. The number of aliphatic imine (C=N–C) groups is 1. The van der Waals surface area contributed by atoms with Crippen molar-refractivity contribution < 1.29 is 33.9 Å². The molecule has 0 bridgehead atoms. The van der Waals surface area contributed by atoms with E-state index < -0.39 is 77.8 Å². The molecule has 290 valence electrons. The van der Waals surface area contributed by atoms with E-state index in [1.165, 1.54) is 13.1 Å². The fourth-order valence-corrected chi connectivity index (χ4v) is 5.54. The average molecular weight is 731 g/mol. The van der Waals surface area contributed by atoms with E-state index in [0.29, 0.717) is 0 Å². The predicted octanol–water partition coefficient (Wildman–Crippen LogP) is -2.52. The minimum Gasteiger partial charge on any atom is -0.391 e. The Bertz CT molecular complexity index is 1340. The first kappa shape index (κ1) is 43.7.